The van der Waals surface area contributed by atoms with E-state index in [2.05, 4.69) is 10.4 Å². The van der Waals surface area contributed by atoms with Crippen molar-refractivity contribution in [1.82, 2.24) is 15.4 Å². The van der Waals surface area contributed by atoms with Crippen LogP contribution in [0.4, 0.5) is 19.0 Å². The number of pyridine rings is 1. The maximum atomic E-state index is 12.6. The number of carbonyl (C=O) groups excluding carboxylic acids is 1. The van der Waals surface area contributed by atoms with Gasteiger partial charge < -0.3 is 4.90 Å². The number of piperidine rings is 1. The van der Waals surface area contributed by atoms with Crippen LogP contribution in [0.1, 0.15) is 18.4 Å². The van der Waals surface area contributed by atoms with Gasteiger partial charge >= 0.3 is 6.18 Å². The van der Waals surface area contributed by atoms with Crippen molar-refractivity contribution in [1.29, 1.82) is 0 Å². The summed E-state index contributed by atoms with van der Waals surface area (Å²) in [4.78, 5) is 17.6. The molecule has 0 atom stereocenters. The third-order valence-corrected chi connectivity index (χ3v) is 3.93. The summed E-state index contributed by atoms with van der Waals surface area (Å²) >= 11 is 5.95. The molecule has 9 heteroatoms. The third kappa shape index (κ3) is 4.48. The van der Waals surface area contributed by atoms with E-state index in [4.69, 9.17) is 11.6 Å². The number of hydrazine groups is 1. The zero-order chi connectivity index (χ0) is 17.2. The van der Waals surface area contributed by atoms with Crippen LogP contribution >= 0.6 is 11.6 Å². The van der Waals surface area contributed by atoms with E-state index in [1.54, 1.807) is 19.1 Å². The van der Waals surface area contributed by atoms with Crippen LogP contribution in [-0.4, -0.2) is 43.1 Å². The van der Waals surface area contributed by atoms with Crippen molar-refractivity contribution in [3.63, 3.8) is 0 Å². The molecule has 23 heavy (non-hydrogen) atoms. The molecule has 2 heterocycles. The first-order valence-corrected chi connectivity index (χ1v) is 7.52. The topological polar surface area (TPSA) is 48.5 Å². The Morgan fingerprint density at radius 1 is 1.39 bits per heavy atom. The number of aromatic nitrogens is 1. The number of nitrogens with one attached hydrogen (secondary N) is 1. The Morgan fingerprint density at radius 2 is 2.00 bits per heavy atom. The molecule has 0 aliphatic carbocycles. The predicted molar refractivity (Wildman–Crippen MR) is 81.0 cm³/mol. The fraction of sp³-hybridized carbons (Fsp3) is 0.571. The molecule has 1 aromatic rings. The van der Waals surface area contributed by atoms with Crippen molar-refractivity contribution < 1.29 is 18.0 Å². The van der Waals surface area contributed by atoms with Gasteiger partial charge in [-0.3, -0.25) is 10.2 Å². The highest BCUT2D eigenvalue weighted by Gasteiger charge is 2.33. The molecule has 1 aliphatic rings. The van der Waals surface area contributed by atoms with E-state index in [1.165, 1.54) is 0 Å². The Kier molecular flexibility index (Phi) is 5.36. The van der Waals surface area contributed by atoms with Gasteiger partial charge in [0.25, 0.3) is 0 Å². The molecule has 1 N–H and O–H groups in total. The van der Waals surface area contributed by atoms with Crippen molar-refractivity contribution >= 4 is 23.3 Å². The standard InChI is InChI=1S/C14H18ClF3N4O/c1-21(2)20-13(23)9-3-5-22(6-4-9)12-11(15)7-10(8-19-12)14(16,17)18/h7-9H,3-6H2,1-2H3,(H,20,23). The molecule has 2 rings (SSSR count). The molecular formula is C14H18ClF3N4O. The molecule has 1 fully saturated rings. The van der Waals surface area contributed by atoms with Gasteiger partial charge in [-0.15, -0.1) is 0 Å². The number of hydrogen-bond acceptors (Lipinski definition) is 4. The third-order valence-electron chi connectivity index (χ3n) is 3.65. The van der Waals surface area contributed by atoms with Gasteiger partial charge in [0.2, 0.25) is 5.91 Å². The summed E-state index contributed by atoms with van der Waals surface area (Å²) in [5.41, 5.74) is 1.84. The lowest BCUT2D eigenvalue weighted by Crippen LogP contribution is -2.45. The summed E-state index contributed by atoms with van der Waals surface area (Å²) in [7, 11) is 3.47. The minimum atomic E-state index is -4.47. The first-order valence-electron chi connectivity index (χ1n) is 7.14. The van der Waals surface area contributed by atoms with Gasteiger partial charge in [-0.25, -0.2) is 9.99 Å². The van der Waals surface area contributed by atoms with Gasteiger partial charge in [-0.2, -0.15) is 13.2 Å². The van der Waals surface area contributed by atoms with Gasteiger partial charge in [0.15, 0.2) is 0 Å². The minimum Gasteiger partial charge on any atom is -0.355 e. The fourth-order valence-electron chi connectivity index (χ4n) is 2.48. The number of alkyl halides is 3. The molecule has 0 radical (unpaired) electrons. The van der Waals surface area contributed by atoms with Gasteiger partial charge in [0.05, 0.1) is 10.6 Å². The minimum absolute atomic E-state index is 0.0315. The van der Waals surface area contributed by atoms with Crippen LogP contribution in [-0.2, 0) is 11.0 Å². The summed E-state index contributed by atoms with van der Waals surface area (Å²) in [5, 5.41) is 1.55. The number of halogens is 4. The second-order valence-electron chi connectivity index (χ2n) is 5.66. The summed E-state index contributed by atoms with van der Waals surface area (Å²) in [6.45, 7) is 1.03. The van der Waals surface area contributed by atoms with Gasteiger partial charge in [-0.05, 0) is 18.9 Å². The largest absolute Gasteiger partial charge is 0.417 e. The Balaban J connectivity index is 2.02. The zero-order valence-electron chi connectivity index (χ0n) is 12.8. The number of rotatable bonds is 3. The molecule has 1 amide bonds. The second-order valence-corrected chi connectivity index (χ2v) is 6.07. The number of hydrogen-bond donors (Lipinski definition) is 1. The molecular weight excluding hydrogens is 333 g/mol. The van der Waals surface area contributed by atoms with Crippen LogP contribution in [0.15, 0.2) is 12.3 Å². The first kappa shape index (κ1) is 17.8. The van der Waals surface area contributed by atoms with E-state index >= 15 is 0 Å². The Morgan fingerprint density at radius 3 is 2.48 bits per heavy atom. The lowest BCUT2D eigenvalue weighted by Gasteiger charge is -2.33. The van der Waals surface area contributed by atoms with E-state index in [1.807, 2.05) is 4.90 Å². The number of anilines is 1. The summed E-state index contributed by atoms with van der Waals surface area (Å²) in [6, 6.07) is 0.884. The first-order chi connectivity index (χ1) is 10.7. The fourth-order valence-corrected chi connectivity index (χ4v) is 2.77. The molecule has 1 aliphatic heterocycles. The molecule has 0 bridgehead atoms. The highest BCUT2D eigenvalue weighted by Crippen LogP contribution is 2.34. The predicted octanol–water partition coefficient (Wildman–Crippen LogP) is 2.56. The van der Waals surface area contributed by atoms with Crippen LogP contribution in [0.25, 0.3) is 0 Å². The molecule has 0 saturated carbocycles. The number of nitrogens with zero attached hydrogens (tertiary/aromatic N) is 3. The molecule has 1 aromatic heterocycles. The summed E-state index contributed by atoms with van der Waals surface area (Å²) in [5.74, 6) is 0.147. The molecule has 5 nitrogen and oxygen atoms in total. The van der Waals surface area contributed by atoms with Crippen LogP contribution in [0.3, 0.4) is 0 Å². The molecule has 0 spiro atoms. The van der Waals surface area contributed by atoms with E-state index in [0.717, 1.165) is 12.3 Å². The molecule has 0 unspecified atom stereocenters. The summed E-state index contributed by atoms with van der Waals surface area (Å²) < 4.78 is 37.9. The maximum Gasteiger partial charge on any atom is 0.417 e. The maximum absolute atomic E-state index is 12.6. The zero-order valence-corrected chi connectivity index (χ0v) is 13.6. The van der Waals surface area contributed by atoms with E-state index < -0.39 is 11.7 Å². The van der Waals surface area contributed by atoms with Gasteiger partial charge in [-0.1, -0.05) is 11.6 Å². The van der Waals surface area contributed by atoms with E-state index in [-0.39, 0.29) is 16.8 Å². The van der Waals surface area contributed by atoms with Gasteiger partial charge in [0.1, 0.15) is 5.82 Å². The molecule has 128 valence electrons. The van der Waals surface area contributed by atoms with E-state index in [0.29, 0.717) is 31.7 Å². The summed E-state index contributed by atoms with van der Waals surface area (Å²) in [6.07, 6.45) is -2.49. The Bertz CT molecular complexity index is 572. The van der Waals surface area contributed by atoms with Crippen LogP contribution in [0, 0.1) is 5.92 Å². The number of carbonyl (C=O) groups is 1. The van der Waals surface area contributed by atoms with Crippen LogP contribution < -0.4 is 10.3 Å². The highest BCUT2D eigenvalue weighted by atomic mass is 35.5. The molecule has 1 saturated heterocycles. The van der Waals surface area contributed by atoms with E-state index in [9.17, 15) is 18.0 Å². The van der Waals surface area contributed by atoms with Crippen molar-refractivity contribution in [2.45, 2.75) is 19.0 Å². The highest BCUT2D eigenvalue weighted by molar-refractivity contribution is 6.33. The average molecular weight is 351 g/mol. The Labute approximate surface area is 137 Å². The van der Waals surface area contributed by atoms with Crippen molar-refractivity contribution in [2.75, 3.05) is 32.1 Å². The Hall–Kier alpha value is -1.54. The van der Waals surface area contributed by atoms with Crippen molar-refractivity contribution in [3.8, 4) is 0 Å². The number of amides is 1. The van der Waals surface area contributed by atoms with Gasteiger partial charge in [0, 0.05) is 39.3 Å². The SMILES string of the molecule is CN(C)NC(=O)C1CCN(c2ncc(C(F)(F)F)cc2Cl)CC1. The van der Waals surface area contributed by atoms with Crippen molar-refractivity contribution in [2.24, 2.45) is 5.92 Å². The normalized spacial score (nSPS) is 16.7. The monoisotopic (exact) mass is 350 g/mol. The quantitative estimate of drug-likeness (QED) is 0.851. The second kappa shape index (κ2) is 6.92. The lowest BCUT2D eigenvalue weighted by molar-refractivity contribution is -0.137. The van der Waals surface area contributed by atoms with Crippen LogP contribution in [0.2, 0.25) is 5.02 Å². The average Bonchev–Trinajstić information content (AvgIpc) is 2.45. The smallest absolute Gasteiger partial charge is 0.355 e. The van der Waals surface area contributed by atoms with Crippen molar-refractivity contribution in [3.05, 3.63) is 22.8 Å². The van der Waals surface area contributed by atoms with Crippen LogP contribution in [0.5, 0.6) is 0 Å². The lowest BCUT2D eigenvalue weighted by atomic mass is 9.96. The molecule has 0 aromatic carbocycles.